The molecule has 1 N–H and O–H groups in total. The highest BCUT2D eigenvalue weighted by Gasteiger charge is 2.22. The van der Waals surface area contributed by atoms with Crippen LogP contribution in [-0.2, 0) is 4.79 Å². The van der Waals surface area contributed by atoms with Gasteiger partial charge in [0.25, 0.3) is 0 Å². The van der Waals surface area contributed by atoms with Crippen LogP contribution >= 0.6 is 0 Å². The first-order valence-electron chi connectivity index (χ1n) is 4.77. The Labute approximate surface area is 74.1 Å². The van der Waals surface area contributed by atoms with Crippen molar-refractivity contribution < 1.29 is 4.79 Å². The van der Waals surface area contributed by atoms with Crippen molar-refractivity contribution in [3.63, 3.8) is 0 Å². The lowest BCUT2D eigenvalue weighted by molar-refractivity contribution is -0.124. The zero-order valence-corrected chi connectivity index (χ0v) is 7.97. The molecule has 1 heterocycles. The van der Waals surface area contributed by atoms with E-state index in [-0.39, 0.29) is 11.9 Å². The van der Waals surface area contributed by atoms with Crippen LogP contribution in [0.2, 0.25) is 0 Å². The van der Waals surface area contributed by atoms with E-state index in [1.54, 1.807) is 0 Å². The van der Waals surface area contributed by atoms with Gasteiger partial charge in [0.2, 0.25) is 5.91 Å². The van der Waals surface area contributed by atoms with Crippen LogP contribution in [0.1, 0.15) is 26.7 Å². The van der Waals surface area contributed by atoms with Crippen LogP contribution in [0.4, 0.5) is 0 Å². The summed E-state index contributed by atoms with van der Waals surface area (Å²) in [4.78, 5) is 13.6. The maximum absolute atomic E-state index is 11.3. The molecule has 0 radical (unpaired) electrons. The summed E-state index contributed by atoms with van der Waals surface area (Å²) < 4.78 is 0. The second-order valence-corrected chi connectivity index (χ2v) is 3.36. The molecule has 12 heavy (non-hydrogen) atoms. The molecule has 1 aliphatic heterocycles. The summed E-state index contributed by atoms with van der Waals surface area (Å²) in [7, 11) is 0. The standard InChI is InChI=1S/C9H18N2O/c1-3-6-11-7-4-5-10-9(12)8(11)2/h8H,3-7H2,1-2H3,(H,10,12). The first-order chi connectivity index (χ1) is 5.75. The summed E-state index contributed by atoms with van der Waals surface area (Å²) in [5.41, 5.74) is 0. The van der Waals surface area contributed by atoms with Crippen LogP contribution in [0, 0.1) is 0 Å². The Bertz CT molecular complexity index is 159. The Balaban J connectivity index is 2.51. The van der Waals surface area contributed by atoms with E-state index in [9.17, 15) is 4.79 Å². The minimum absolute atomic E-state index is 0.0625. The van der Waals surface area contributed by atoms with Crippen molar-refractivity contribution in [2.24, 2.45) is 0 Å². The third kappa shape index (κ3) is 2.21. The zero-order chi connectivity index (χ0) is 8.97. The molecule has 0 aromatic carbocycles. The molecule has 1 fully saturated rings. The Morgan fingerprint density at radius 3 is 3.08 bits per heavy atom. The van der Waals surface area contributed by atoms with Crippen molar-refractivity contribution in [1.29, 1.82) is 0 Å². The molecule has 1 saturated heterocycles. The van der Waals surface area contributed by atoms with Crippen LogP contribution in [0.15, 0.2) is 0 Å². The molecule has 1 rings (SSSR count). The highest BCUT2D eigenvalue weighted by molar-refractivity contribution is 5.81. The number of nitrogens with one attached hydrogen (secondary N) is 1. The van der Waals surface area contributed by atoms with Gasteiger partial charge < -0.3 is 5.32 Å². The highest BCUT2D eigenvalue weighted by atomic mass is 16.2. The lowest BCUT2D eigenvalue weighted by Gasteiger charge is -2.24. The number of rotatable bonds is 2. The molecule has 1 atom stereocenters. The van der Waals surface area contributed by atoms with E-state index in [1.807, 2.05) is 6.92 Å². The van der Waals surface area contributed by atoms with Crippen molar-refractivity contribution in [2.45, 2.75) is 32.7 Å². The van der Waals surface area contributed by atoms with Gasteiger partial charge >= 0.3 is 0 Å². The Morgan fingerprint density at radius 2 is 2.42 bits per heavy atom. The predicted octanol–water partition coefficient (Wildman–Crippen LogP) is 0.607. The van der Waals surface area contributed by atoms with E-state index >= 15 is 0 Å². The number of carbonyl (C=O) groups is 1. The first-order valence-corrected chi connectivity index (χ1v) is 4.77. The molecule has 0 aromatic rings. The largest absolute Gasteiger partial charge is 0.355 e. The number of amides is 1. The van der Waals surface area contributed by atoms with Gasteiger partial charge in [-0.05, 0) is 26.3 Å². The van der Waals surface area contributed by atoms with E-state index < -0.39 is 0 Å². The van der Waals surface area contributed by atoms with Gasteiger partial charge in [-0.3, -0.25) is 9.69 Å². The molecule has 1 unspecified atom stereocenters. The molecule has 0 saturated carbocycles. The van der Waals surface area contributed by atoms with E-state index in [0.717, 1.165) is 32.5 Å². The van der Waals surface area contributed by atoms with Gasteiger partial charge in [-0.1, -0.05) is 6.92 Å². The van der Waals surface area contributed by atoms with E-state index in [4.69, 9.17) is 0 Å². The number of hydrogen-bond acceptors (Lipinski definition) is 2. The third-order valence-electron chi connectivity index (χ3n) is 2.36. The monoisotopic (exact) mass is 170 g/mol. The molecule has 1 amide bonds. The minimum Gasteiger partial charge on any atom is -0.355 e. The topological polar surface area (TPSA) is 32.3 Å². The van der Waals surface area contributed by atoms with Gasteiger partial charge in [0.1, 0.15) is 0 Å². The van der Waals surface area contributed by atoms with E-state index in [0.29, 0.717) is 0 Å². The highest BCUT2D eigenvalue weighted by Crippen LogP contribution is 2.04. The van der Waals surface area contributed by atoms with Gasteiger partial charge in [-0.2, -0.15) is 0 Å². The second-order valence-electron chi connectivity index (χ2n) is 3.36. The lowest BCUT2D eigenvalue weighted by Crippen LogP contribution is -2.42. The third-order valence-corrected chi connectivity index (χ3v) is 2.36. The Hall–Kier alpha value is -0.570. The van der Waals surface area contributed by atoms with Crippen molar-refractivity contribution in [3.8, 4) is 0 Å². The zero-order valence-electron chi connectivity index (χ0n) is 7.97. The van der Waals surface area contributed by atoms with Gasteiger partial charge in [-0.25, -0.2) is 0 Å². The van der Waals surface area contributed by atoms with Crippen LogP contribution in [0.25, 0.3) is 0 Å². The fourth-order valence-electron chi connectivity index (χ4n) is 1.59. The molecule has 70 valence electrons. The average molecular weight is 170 g/mol. The van der Waals surface area contributed by atoms with Gasteiger partial charge in [0, 0.05) is 13.1 Å². The number of carbonyl (C=O) groups excluding carboxylic acids is 1. The molecule has 0 spiro atoms. The summed E-state index contributed by atoms with van der Waals surface area (Å²) in [6.07, 6.45) is 2.20. The summed E-state index contributed by atoms with van der Waals surface area (Å²) >= 11 is 0. The second kappa shape index (κ2) is 4.45. The van der Waals surface area contributed by atoms with Crippen LogP contribution in [0.3, 0.4) is 0 Å². The summed E-state index contributed by atoms with van der Waals surface area (Å²) in [6.45, 7) is 7.05. The average Bonchev–Trinajstić information content (AvgIpc) is 2.20. The summed E-state index contributed by atoms with van der Waals surface area (Å²) in [5, 5.41) is 2.90. The number of nitrogens with zero attached hydrogens (tertiary/aromatic N) is 1. The van der Waals surface area contributed by atoms with Crippen LogP contribution in [-0.4, -0.2) is 36.5 Å². The summed E-state index contributed by atoms with van der Waals surface area (Å²) in [5.74, 6) is 0.181. The molecular weight excluding hydrogens is 152 g/mol. The molecule has 3 heteroatoms. The smallest absolute Gasteiger partial charge is 0.237 e. The Kier molecular flexibility index (Phi) is 3.53. The molecule has 0 aliphatic carbocycles. The van der Waals surface area contributed by atoms with Crippen molar-refractivity contribution in [3.05, 3.63) is 0 Å². The lowest BCUT2D eigenvalue weighted by atomic mass is 10.2. The van der Waals surface area contributed by atoms with E-state index in [1.165, 1.54) is 0 Å². The molecule has 0 bridgehead atoms. The normalized spacial score (nSPS) is 26.5. The Morgan fingerprint density at radius 1 is 1.67 bits per heavy atom. The van der Waals surface area contributed by atoms with Crippen LogP contribution in [0.5, 0.6) is 0 Å². The quantitative estimate of drug-likeness (QED) is 0.658. The van der Waals surface area contributed by atoms with Crippen molar-refractivity contribution in [1.82, 2.24) is 10.2 Å². The maximum atomic E-state index is 11.3. The van der Waals surface area contributed by atoms with Gasteiger partial charge in [-0.15, -0.1) is 0 Å². The van der Waals surface area contributed by atoms with Crippen molar-refractivity contribution >= 4 is 5.91 Å². The van der Waals surface area contributed by atoms with Gasteiger partial charge in [0.05, 0.1) is 6.04 Å². The maximum Gasteiger partial charge on any atom is 0.237 e. The fraction of sp³-hybridized carbons (Fsp3) is 0.889. The minimum atomic E-state index is 0.0625. The summed E-state index contributed by atoms with van der Waals surface area (Å²) in [6, 6.07) is 0.0625. The fourth-order valence-corrected chi connectivity index (χ4v) is 1.59. The van der Waals surface area contributed by atoms with Gasteiger partial charge in [0.15, 0.2) is 0 Å². The number of hydrogen-bond donors (Lipinski definition) is 1. The van der Waals surface area contributed by atoms with E-state index in [2.05, 4.69) is 17.1 Å². The molecule has 1 aliphatic rings. The molecule has 3 nitrogen and oxygen atoms in total. The first kappa shape index (κ1) is 9.52. The molecular formula is C9H18N2O. The van der Waals surface area contributed by atoms with Crippen LogP contribution < -0.4 is 5.32 Å². The SMILES string of the molecule is CCCN1CCCNC(=O)C1C. The van der Waals surface area contributed by atoms with Crippen molar-refractivity contribution in [2.75, 3.05) is 19.6 Å². The molecule has 0 aromatic heterocycles. The predicted molar refractivity (Wildman–Crippen MR) is 49.0 cm³/mol.